The fourth-order valence-electron chi connectivity index (χ4n) is 3.17. The summed E-state index contributed by atoms with van der Waals surface area (Å²) in [7, 11) is 0. The Morgan fingerprint density at radius 2 is 2.11 bits per heavy atom. The van der Waals surface area contributed by atoms with E-state index in [0.717, 1.165) is 12.3 Å². The van der Waals surface area contributed by atoms with E-state index in [-0.39, 0.29) is 0 Å². The zero-order valence-electron chi connectivity index (χ0n) is 12.5. The summed E-state index contributed by atoms with van der Waals surface area (Å²) in [6.07, 6.45) is 7.47. The molecule has 108 valence electrons. The molecule has 18 heavy (non-hydrogen) atoms. The molecule has 1 aliphatic rings. The van der Waals surface area contributed by atoms with Gasteiger partial charge in [0.05, 0.1) is 5.60 Å². The van der Waals surface area contributed by atoms with Crippen molar-refractivity contribution < 1.29 is 5.11 Å². The summed E-state index contributed by atoms with van der Waals surface area (Å²) in [5.41, 5.74) is 4.89. The Bertz CT molecular complexity index is 231. The Morgan fingerprint density at radius 1 is 1.39 bits per heavy atom. The van der Waals surface area contributed by atoms with Crippen molar-refractivity contribution in [1.82, 2.24) is 4.90 Å². The van der Waals surface area contributed by atoms with Crippen LogP contribution < -0.4 is 5.73 Å². The van der Waals surface area contributed by atoms with E-state index >= 15 is 0 Å². The van der Waals surface area contributed by atoms with Gasteiger partial charge in [0.1, 0.15) is 0 Å². The van der Waals surface area contributed by atoms with E-state index in [1.807, 2.05) is 6.92 Å². The first kappa shape index (κ1) is 15.9. The summed E-state index contributed by atoms with van der Waals surface area (Å²) < 4.78 is 0. The maximum absolute atomic E-state index is 10.1. The van der Waals surface area contributed by atoms with E-state index in [0.29, 0.717) is 12.6 Å². The second-order valence-corrected chi connectivity index (χ2v) is 6.38. The quantitative estimate of drug-likeness (QED) is 0.767. The fourth-order valence-corrected chi connectivity index (χ4v) is 3.17. The number of nitrogens with two attached hydrogens (primary N) is 1. The molecule has 0 saturated carbocycles. The van der Waals surface area contributed by atoms with Gasteiger partial charge in [-0.2, -0.15) is 0 Å². The molecule has 3 unspecified atom stereocenters. The van der Waals surface area contributed by atoms with Crippen LogP contribution in [0.1, 0.15) is 59.3 Å². The third kappa shape index (κ3) is 5.25. The van der Waals surface area contributed by atoms with Crippen LogP contribution in [0.25, 0.3) is 0 Å². The van der Waals surface area contributed by atoms with E-state index in [2.05, 4.69) is 18.7 Å². The van der Waals surface area contributed by atoms with Gasteiger partial charge >= 0.3 is 0 Å². The molecule has 0 spiro atoms. The van der Waals surface area contributed by atoms with Crippen LogP contribution in [0, 0.1) is 5.92 Å². The Balaban J connectivity index is 2.42. The van der Waals surface area contributed by atoms with Gasteiger partial charge in [0.2, 0.25) is 0 Å². The molecule has 3 heteroatoms. The summed E-state index contributed by atoms with van der Waals surface area (Å²) in [5, 5.41) is 10.1. The third-order valence-corrected chi connectivity index (χ3v) is 4.38. The van der Waals surface area contributed by atoms with E-state index in [1.165, 1.54) is 45.2 Å². The molecule has 3 atom stereocenters. The smallest absolute Gasteiger partial charge is 0.0756 e. The predicted molar refractivity (Wildman–Crippen MR) is 77.6 cm³/mol. The molecule has 1 rings (SSSR count). The molecule has 0 radical (unpaired) electrons. The van der Waals surface area contributed by atoms with Crippen LogP contribution in [0.4, 0.5) is 0 Å². The number of hydrogen-bond donors (Lipinski definition) is 2. The summed E-state index contributed by atoms with van der Waals surface area (Å²) in [5.74, 6) is 0.919. The zero-order chi connectivity index (χ0) is 13.6. The van der Waals surface area contributed by atoms with E-state index in [4.69, 9.17) is 5.73 Å². The Labute approximate surface area is 113 Å². The van der Waals surface area contributed by atoms with E-state index in [9.17, 15) is 5.11 Å². The third-order valence-electron chi connectivity index (χ3n) is 4.38. The maximum atomic E-state index is 10.1. The number of rotatable bonds is 6. The van der Waals surface area contributed by atoms with Gasteiger partial charge < -0.3 is 15.7 Å². The second-order valence-electron chi connectivity index (χ2n) is 6.38. The molecule has 0 aromatic rings. The molecular formula is C15H32N2O. The van der Waals surface area contributed by atoms with Crippen molar-refractivity contribution in [2.24, 2.45) is 11.7 Å². The molecule has 0 aliphatic carbocycles. The number of hydrogen-bond acceptors (Lipinski definition) is 3. The first-order chi connectivity index (χ1) is 8.48. The minimum absolute atomic E-state index is 0.351. The fraction of sp³-hybridized carbons (Fsp3) is 1.00. The molecule has 0 bridgehead atoms. The SMILES string of the molecule is CCCC1CCCN(C(C)CC(C)(O)CN)CC1. The molecule has 0 aromatic heterocycles. The number of nitrogens with zero attached hydrogens (tertiary/aromatic N) is 1. The Hall–Kier alpha value is -0.120. The van der Waals surface area contributed by atoms with Crippen LogP contribution in [0.2, 0.25) is 0 Å². The number of likely N-dealkylation sites (tertiary alicyclic amines) is 1. The van der Waals surface area contributed by atoms with Crippen molar-refractivity contribution in [2.45, 2.75) is 70.9 Å². The summed E-state index contributed by atoms with van der Waals surface area (Å²) in [4.78, 5) is 2.54. The highest BCUT2D eigenvalue weighted by atomic mass is 16.3. The van der Waals surface area contributed by atoms with Gasteiger partial charge in [-0.3, -0.25) is 0 Å². The largest absolute Gasteiger partial charge is 0.389 e. The standard InChI is InChI=1S/C15H32N2O/c1-4-6-14-7-5-9-17(10-8-14)13(2)11-15(3,18)12-16/h13-14,18H,4-12,16H2,1-3H3. The Morgan fingerprint density at radius 3 is 2.72 bits per heavy atom. The van der Waals surface area contributed by atoms with Crippen molar-refractivity contribution in [2.75, 3.05) is 19.6 Å². The van der Waals surface area contributed by atoms with Crippen LogP contribution in [0.3, 0.4) is 0 Å². The second kappa shape index (κ2) is 7.46. The first-order valence-corrected chi connectivity index (χ1v) is 7.65. The molecule has 1 heterocycles. The predicted octanol–water partition coefficient (Wildman–Crippen LogP) is 2.38. The monoisotopic (exact) mass is 256 g/mol. The van der Waals surface area contributed by atoms with Crippen LogP contribution in [-0.4, -0.2) is 41.3 Å². The lowest BCUT2D eigenvalue weighted by molar-refractivity contribution is 0.0291. The zero-order valence-corrected chi connectivity index (χ0v) is 12.5. The van der Waals surface area contributed by atoms with Gasteiger partial charge in [-0.1, -0.05) is 19.8 Å². The van der Waals surface area contributed by atoms with Crippen molar-refractivity contribution in [1.29, 1.82) is 0 Å². The van der Waals surface area contributed by atoms with Crippen molar-refractivity contribution in [3.05, 3.63) is 0 Å². The molecule has 3 N–H and O–H groups in total. The van der Waals surface area contributed by atoms with E-state index < -0.39 is 5.60 Å². The van der Waals surface area contributed by atoms with Gasteiger partial charge in [0, 0.05) is 12.6 Å². The lowest BCUT2D eigenvalue weighted by Crippen LogP contribution is -2.43. The lowest BCUT2D eigenvalue weighted by Gasteiger charge is -2.33. The average molecular weight is 256 g/mol. The highest BCUT2D eigenvalue weighted by Gasteiger charge is 2.26. The summed E-state index contributed by atoms with van der Waals surface area (Å²) in [6.45, 7) is 9.08. The summed E-state index contributed by atoms with van der Waals surface area (Å²) in [6, 6.07) is 0.434. The van der Waals surface area contributed by atoms with Gasteiger partial charge in [0.15, 0.2) is 0 Å². The van der Waals surface area contributed by atoms with Crippen molar-refractivity contribution in [3.8, 4) is 0 Å². The topological polar surface area (TPSA) is 49.5 Å². The summed E-state index contributed by atoms with van der Waals surface area (Å²) >= 11 is 0. The highest BCUT2D eigenvalue weighted by molar-refractivity contribution is 4.82. The van der Waals surface area contributed by atoms with Gasteiger partial charge in [-0.15, -0.1) is 0 Å². The van der Waals surface area contributed by atoms with Gasteiger partial charge in [-0.25, -0.2) is 0 Å². The average Bonchev–Trinajstić information content (AvgIpc) is 2.55. The molecule has 0 amide bonds. The highest BCUT2D eigenvalue weighted by Crippen LogP contribution is 2.24. The van der Waals surface area contributed by atoms with Crippen LogP contribution in [0.15, 0.2) is 0 Å². The molecule has 0 aromatic carbocycles. The molecule has 1 fully saturated rings. The Kier molecular flexibility index (Phi) is 6.61. The number of aliphatic hydroxyl groups is 1. The molecule has 1 aliphatic heterocycles. The maximum Gasteiger partial charge on any atom is 0.0756 e. The van der Waals surface area contributed by atoms with Crippen LogP contribution >= 0.6 is 0 Å². The first-order valence-electron chi connectivity index (χ1n) is 7.65. The molecule has 3 nitrogen and oxygen atoms in total. The van der Waals surface area contributed by atoms with Crippen LogP contribution in [-0.2, 0) is 0 Å². The normalized spacial score (nSPS) is 27.5. The minimum atomic E-state index is -0.714. The van der Waals surface area contributed by atoms with Gasteiger partial charge in [0.25, 0.3) is 0 Å². The minimum Gasteiger partial charge on any atom is -0.389 e. The van der Waals surface area contributed by atoms with E-state index in [1.54, 1.807) is 0 Å². The molecular weight excluding hydrogens is 224 g/mol. The van der Waals surface area contributed by atoms with Crippen molar-refractivity contribution in [3.63, 3.8) is 0 Å². The lowest BCUT2D eigenvalue weighted by atomic mass is 9.95. The molecule has 1 saturated heterocycles. The van der Waals surface area contributed by atoms with Gasteiger partial charge in [-0.05, 0) is 58.5 Å². The van der Waals surface area contributed by atoms with Crippen molar-refractivity contribution >= 4 is 0 Å². The van der Waals surface area contributed by atoms with Crippen LogP contribution in [0.5, 0.6) is 0 Å².